The van der Waals surface area contributed by atoms with E-state index in [4.69, 9.17) is 49.2 Å². The molecule has 33 heavy (non-hydrogen) atoms. The number of hydrogen-bond donors (Lipinski definition) is 0. The normalized spacial score (nSPS) is 18.7. The number of nitrogens with zero attached hydrogens (tertiary/aromatic N) is 3. The van der Waals surface area contributed by atoms with Crippen LogP contribution in [0, 0.1) is 17.2 Å². The second kappa shape index (κ2) is 10.0. The summed E-state index contributed by atoms with van der Waals surface area (Å²) in [5.41, 5.74) is 0.967. The van der Waals surface area contributed by atoms with Crippen LogP contribution in [0.1, 0.15) is 34.7 Å². The fourth-order valence-corrected chi connectivity index (χ4v) is 4.52. The van der Waals surface area contributed by atoms with Crippen LogP contribution in [0.15, 0.2) is 53.1 Å². The third kappa shape index (κ3) is 5.27. The number of rotatable bonds is 6. The summed E-state index contributed by atoms with van der Waals surface area (Å²) in [6.45, 7) is 2.86. The van der Waals surface area contributed by atoms with Crippen molar-refractivity contribution in [1.29, 1.82) is 5.26 Å². The second-order valence-electron chi connectivity index (χ2n) is 7.89. The monoisotopic (exact) mass is 503 g/mol. The number of likely N-dealkylation sites (tertiary alicyclic amines) is 1. The molecule has 1 aliphatic rings. The lowest BCUT2D eigenvalue weighted by Crippen LogP contribution is -2.32. The Morgan fingerprint density at radius 1 is 1.21 bits per heavy atom. The maximum atomic E-state index is 13.2. The summed E-state index contributed by atoms with van der Waals surface area (Å²) in [6.07, 6.45) is 1.38. The van der Waals surface area contributed by atoms with Crippen molar-refractivity contribution in [3.05, 3.63) is 80.8 Å². The number of nitriles is 1. The van der Waals surface area contributed by atoms with Gasteiger partial charge in [-0.05, 0) is 42.8 Å². The Balaban J connectivity index is 1.59. The molecule has 6 nitrogen and oxygen atoms in total. The van der Waals surface area contributed by atoms with Crippen molar-refractivity contribution in [2.75, 3.05) is 13.1 Å². The van der Waals surface area contributed by atoms with Gasteiger partial charge in [0.2, 0.25) is 5.88 Å². The highest BCUT2D eigenvalue weighted by Crippen LogP contribution is 2.39. The van der Waals surface area contributed by atoms with Crippen molar-refractivity contribution in [3.63, 3.8) is 0 Å². The van der Waals surface area contributed by atoms with Crippen LogP contribution in [0.25, 0.3) is 0 Å². The second-order valence-corrected chi connectivity index (χ2v) is 9.14. The van der Waals surface area contributed by atoms with E-state index in [-0.39, 0.29) is 36.0 Å². The molecule has 1 aromatic carbocycles. The van der Waals surface area contributed by atoms with Gasteiger partial charge in [0.05, 0.1) is 27.6 Å². The number of pyridine rings is 1. The Labute approximate surface area is 206 Å². The Hall–Kier alpha value is -2.72. The lowest BCUT2D eigenvalue weighted by molar-refractivity contribution is 0.0737. The molecule has 3 heterocycles. The van der Waals surface area contributed by atoms with E-state index in [2.05, 4.69) is 4.98 Å². The summed E-state index contributed by atoms with van der Waals surface area (Å²) >= 11 is 18.3. The molecule has 3 atom stereocenters. The molecule has 9 heteroatoms. The standard InChI is InChI=1S/C24H20Cl3N3O3/c1-14(32-23-7-3-16(25)11-29-23)18-12-30(24(31)22-6-4-17(33-22)8-9-28)13-19(18)15-2-5-20(26)21(27)10-15/h2-7,10-11,14,18-19H,8,12-13H2,1H3/t14-,18-,19+/m0/s1. The highest BCUT2D eigenvalue weighted by molar-refractivity contribution is 6.42. The van der Waals surface area contributed by atoms with Crippen LogP contribution in [-0.2, 0) is 6.42 Å². The highest BCUT2D eigenvalue weighted by atomic mass is 35.5. The first-order chi connectivity index (χ1) is 15.9. The van der Waals surface area contributed by atoms with Gasteiger partial charge < -0.3 is 14.1 Å². The quantitative estimate of drug-likeness (QED) is 0.410. The van der Waals surface area contributed by atoms with Gasteiger partial charge in [-0.2, -0.15) is 5.26 Å². The van der Waals surface area contributed by atoms with Crippen molar-refractivity contribution in [2.45, 2.75) is 25.4 Å². The molecule has 2 aromatic heterocycles. The number of furan rings is 1. The van der Waals surface area contributed by atoms with E-state index in [1.165, 1.54) is 6.20 Å². The predicted octanol–water partition coefficient (Wildman–Crippen LogP) is 6.02. The van der Waals surface area contributed by atoms with Gasteiger partial charge in [-0.15, -0.1) is 0 Å². The average Bonchev–Trinajstić information content (AvgIpc) is 3.45. The Bertz CT molecular complexity index is 1190. The van der Waals surface area contributed by atoms with Gasteiger partial charge in [-0.3, -0.25) is 4.79 Å². The number of benzene rings is 1. The first-order valence-corrected chi connectivity index (χ1v) is 11.5. The molecule has 0 radical (unpaired) electrons. The maximum absolute atomic E-state index is 13.2. The van der Waals surface area contributed by atoms with Gasteiger partial charge in [0, 0.05) is 37.2 Å². The zero-order chi connectivity index (χ0) is 23.5. The van der Waals surface area contributed by atoms with Crippen LogP contribution in [-0.4, -0.2) is 35.0 Å². The zero-order valence-electron chi connectivity index (χ0n) is 17.7. The first kappa shape index (κ1) is 23.4. The third-order valence-electron chi connectivity index (χ3n) is 5.76. The van der Waals surface area contributed by atoms with Gasteiger partial charge in [-0.25, -0.2) is 4.98 Å². The van der Waals surface area contributed by atoms with Crippen molar-refractivity contribution < 1.29 is 13.9 Å². The van der Waals surface area contributed by atoms with Gasteiger partial charge in [-0.1, -0.05) is 40.9 Å². The van der Waals surface area contributed by atoms with E-state index in [1.807, 2.05) is 25.1 Å². The van der Waals surface area contributed by atoms with Crippen molar-refractivity contribution in [3.8, 4) is 11.9 Å². The maximum Gasteiger partial charge on any atom is 0.289 e. The molecule has 0 unspecified atom stereocenters. The number of amides is 1. The van der Waals surface area contributed by atoms with E-state index in [9.17, 15) is 4.79 Å². The van der Waals surface area contributed by atoms with Crippen LogP contribution in [0.3, 0.4) is 0 Å². The topological polar surface area (TPSA) is 79.4 Å². The minimum atomic E-state index is -0.262. The molecule has 0 N–H and O–H groups in total. The molecule has 3 aromatic rings. The van der Waals surface area contributed by atoms with Gasteiger partial charge >= 0.3 is 0 Å². The molecule has 0 spiro atoms. The van der Waals surface area contributed by atoms with Crippen molar-refractivity contribution in [1.82, 2.24) is 9.88 Å². The van der Waals surface area contributed by atoms with Crippen LogP contribution in [0.5, 0.6) is 5.88 Å². The minimum absolute atomic E-state index is 0.0421. The predicted molar refractivity (Wildman–Crippen MR) is 126 cm³/mol. The Kier molecular flexibility index (Phi) is 7.14. The molecule has 1 saturated heterocycles. The average molecular weight is 505 g/mol. The first-order valence-electron chi connectivity index (χ1n) is 10.3. The smallest absolute Gasteiger partial charge is 0.289 e. The molecule has 0 bridgehead atoms. The summed E-state index contributed by atoms with van der Waals surface area (Å²) in [6, 6.07) is 14.2. The molecule has 1 amide bonds. The largest absolute Gasteiger partial charge is 0.474 e. The lowest BCUT2D eigenvalue weighted by Gasteiger charge is -2.25. The molecule has 0 aliphatic carbocycles. The summed E-state index contributed by atoms with van der Waals surface area (Å²) in [5.74, 6) is 0.807. The summed E-state index contributed by atoms with van der Waals surface area (Å²) in [5, 5.41) is 10.3. The molecule has 1 fully saturated rings. The summed E-state index contributed by atoms with van der Waals surface area (Å²) < 4.78 is 11.7. The van der Waals surface area contributed by atoms with Crippen LogP contribution in [0.4, 0.5) is 0 Å². The van der Waals surface area contributed by atoms with E-state index < -0.39 is 0 Å². The van der Waals surface area contributed by atoms with Gasteiger partial charge in [0.15, 0.2) is 5.76 Å². The highest BCUT2D eigenvalue weighted by Gasteiger charge is 2.41. The third-order valence-corrected chi connectivity index (χ3v) is 6.72. The fraction of sp³-hybridized carbons (Fsp3) is 0.292. The van der Waals surface area contributed by atoms with E-state index >= 15 is 0 Å². The fourth-order valence-electron chi connectivity index (χ4n) is 4.10. The SMILES string of the molecule is C[C@H](Oc1ccc(Cl)cn1)[C@@H]1CN(C(=O)c2ccc(CC#N)o2)C[C@@H]1c1ccc(Cl)c(Cl)c1. The van der Waals surface area contributed by atoms with Crippen LogP contribution in [0.2, 0.25) is 15.1 Å². The number of carbonyl (C=O) groups is 1. The van der Waals surface area contributed by atoms with Gasteiger partial charge in [0.25, 0.3) is 5.91 Å². The summed E-state index contributed by atoms with van der Waals surface area (Å²) in [7, 11) is 0. The van der Waals surface area contributed by atoms with Crippen LogP contribution >= 0.6 is 34.8 Å². The number of carbonyl (C=O) groups excluding carboxylic acids is 1. The minimum Gasteiger partial charge on any atom is -0.474 e. The number of hydrogen-bond acceptors (Lipinski definition) is 5. The van der Waals surface area contributed by atoms with Gasteiger partial charge in [0.1, 0.15) is 11.9 Å². The number of aromatic nitrogens is 1. The van der Waals surface area contributed by atoms with E-state index in [0.29, 0.717) is 39.8 Å². The Morgan fingerprint density at radius 3 is 2.73 bits per heavy atom. The molecule has 4 rings (SSSR count). The number of ether oxygens (including phenoxy) is 1. The summed E-state index contributed by atoms with van der Waals surface area (Å²) in [4.78, 5) is 19.1. The molecule has 0 saturated carbocycles. The molecular weight excluding hydrogens is 485 g/mol. The van der Waals surface area contributed by atoms with Crippen molar-refractivity contribution >= 4 is 40.7 Å². The van der Waals surface area contributed by atoms with E-state index in [0.717, 1.165) is 5.56 Å². The van der Waals surface area contributed by atoms with Crippen molar-refractivity contribution in [2.24, 2.45) is 5.92 Å². The van der Waals surface area contributed by atoms with E-state index in [1.54, 1.807) is 35.2 Å². The molecule has 1 aliphatic heterocycles. The number of halogens is 3. The van der Waals surface area contributed by atoms with Crippen LogP contribution < -0.4 is 4.74 Å². The Morgan fingerprint density at radius 2 is 2.03 bits per heavy atom. The lowest BCUT2D eigenvalue weighted by atomic mass is 9.86. The zero-order valence-corrected chi connectivity index (χ0v) is 19.9. The molecular formula is C24H20Cl3N3O3. The molecule has 170 valence electrons.